The van der Waals surface area contributed by atoms with E-state index in [2.05, 4.69) is 6.92 Å². The van der Waals surface area contributed by atoms with Gasteiger partial charge in [-0.2, -0.15) is 0 Å². The summed E-state index contributed by atoms with van der Waals surface area (Å²) < 4.78 is 10.9. The highest BCUT2D eigenvalue weighted by Crippen LogP contribution is 2.25. The number of benzene rings is 1. The Kier molecular flexibility index (Phi) is 8.12. The Balaban J connectivity index is 1.94. The van der Waals surface area contributed by atoms with Crippen LogP contribution in [0.25, 0.3) is 0 Å². The molecule has 25 heavy (non-hydrogen) atoms. The predicted octanol–water partition coefficient (Wildman–Crippen LogP) is 3.72. The third-order valence-corrected chi connectivity index (χ3v) is 5.04. The van der Waals surface area contributed by atoms with Crippen LogP contribution in [0.15, 0.2) is 24.3 Å². The fourth-order valence-electron chi connectivity index (χ4n) is 2.45. The Morgan fingerprint density at radius 1 is 1.12 bits per heavy atom. The van der Waals surface area contributed by atoms with Gasteiger partial charge in [0, 0.05) is 11.3 Å². The molecule has 0 radical (unpaired) electrons. The van der Waals surface area contributed by atoms with Crippen LogP contribution in [0, 0.1) is 0 Å². The van der Waals surface area contributed by atoms with Crippen LogP contribution >= 0.6 is 11.8 Å². The van der Waals surface area contributed by atoms with Crippen molar-refractivity contribution < 1.29 is 19.1 Å². The van der Waals surface area contributed by atoms with Crippen molar-refractivity contribution in [3.05, 3.63) is 29.8 Å². The molecule has 0 aliphatic carbocycles. The minimum absolute atomic E-state index is 0.137. The molecule has 6 heteroatoms. The molecule has 0 bridgehead atoms. The third kappa shape index (κ3) is 5.66. The SMILES string of the molecule is CCCCOC(=O)C1CSCN1C(=O)c1ccc(OCCCC)cc1. The average Bonchev–Trinajstić information content (AvgIpc) is 3.12. The van der Waals surface area contributed by atoms with E-state index in [0.717, 1.165) is 31.4 Å². The number of amides is 1. The van der Waals surface area contributed by atoms with Gasteiger partial charge in [0.1, 0.15) is 11.8 Å². The van der Waals surface area contributed by atoms with Gasteiger partial charge in [-0.05, 0) is 37.1 Å². The van der Waals surface area contributed by atoms with Gasteiger partial charge >= 0.3 is 5.97 Å². The van der Waals surface area contributed by atoms with Crippen LogP contribution in [0.5, 0.6) is 5.75 Å². The van der Waals surface area contributed by atoms with Crippen molar-refractivity contribution in [1.82, 2.24) is 4.90 Å². The Hall–Kier alpha value is -1.69. The second-order valence-corrected chi connectivity index (χ2v) is 7.04. The predicted molar refractivity (Wildman–Crippen MR) is 100.0 cm³/mol. The molecule has 0 aromatic heterocycles. The van der Waals surface area contributed by atoms with Gasteiger partial charge in [0.05, 0.1) is 19.1 Å². The largest absolute Gasteiger partial charge is 0.494 e. The number of hydrogen-bond acceptors (Lipinski definition) is 5. The number of esters is 1. The quantitative estimate of drug-likeness (QED) is 0.493. The molecule has 5 nitrogen and oxygen atoms in total. The van der Waals surface area contributed by atoms with Crippen LogP contribution in [0.4, 0.5) is 0 Å². The molecule has 2 rings (SSSR count). The lowest BCUT2D eigenvalue weighted by atomic mass is 10.1. The molecule has 138 valence electrons. The lowest BCUT2D eigenvalue weighted by molar-refractivity contribution is -0.147. The van der Waals surface area contributed by atoms with E-state index >= 15 is 0 Å². The molecular formula is C19H27NO4S. The van der Waals surface area contributed by atoms with Crippen molar-refractivity contribution in [1.29, 1.82) is 0 Å². The standard InChI is InChI=1S/C19H27NO4S/c1-3-5-11-23-16-9-7-15(8-10-16)18(21)20-14-25-13-17(20)19(22)24-12-6-4-2/h7-10,17H,3-6,11-14H2,1-2H3. The first kappa shape index (κ1) is 19.6. The maximum Gasteiger partial charge on any atom is 0.329 e. The molecule has 1 fully saturated rings. The number of thioether (sulfide) groups is 1. The molecule has 1 amide bonds. The molecule has 0 saturated carbocycles. The highest BCUT2D eigenvalue weighted by Gasteiger charge is 2.36. The number of carbonyl (C=O) groups is 2. The Bertz CT molecular complexity index is 561. The van der Waals surface area contributed by atoms with Crippen LogP contribution in [0.2, 0.25) is 0 Å². The van der Waals surface area contributed by atoms with Gasteiger partial charge in [-0.3, -0.25) is 4.79 Å². The van der Waals surface area contributed by atoms with E-state index in [1.807, 2.05) is 6.92 Å². The Morgan fingerprint density at radius 3 is 2.48 bits per heavy atom. The number of hydrogen-bond donors (Lipinski definition) is 0. The van der Waals surface area contributed by atoms with Crippen LogP contribution < -0.4 is 4.74 Å². The summed E-state index contributed by atoms with van der Waals surface area (Å²) in [5.74, 6) is 1.43. The van der Waals surface area contributed by atoms with Crippen molar-refractivity contribution >= 4 is 23.6 Å². The van der Waals surface area contributed by atoms with Crippen LogP contribution in [0.1, 0.15) is 49.9 Å². The smallest absolute Gasteiger partial charge is 0.329 e. The first-order valence-electron chi connectivity index (χ1n) is 8.95. The summed E-state index contributed by atoms with van der Waals surface area (Å²) in [5, 5.41) is 0. The summed E-state index contributed by atoms with van der Waals surface area (Å²) in [5.41, 5.74) is 0.566. The maximum atomic E-state index is 12.7. The van der Waals surface area contributed by atoms with Gasteiger partial charge in [0.2, 0.25) is 0 Å². The van der Waals surface area contributed by atoms with Crippen molar-refractivity contribution in [2.75, 3.05) is 24.8 Å². The molecule has 1 aliphatic rings. The van der Waals surface area contributed by atoms with Gasteiger partial charge in [0.15, 0.2) is 0 Å². The van der Waals surface area contributed by atoms with E-state index in [1.54, 1.807) is 40.9 Å². The first-order chi connectivity index (χ1) is 12.2. The van der Waals surface area contributed by atoms with Crippen LogP contribution in [-0.2, 0) is 9.53 Å². The minimum Gasteiger partial charge on any atom is -0.494 e. The van der Waals surface area contributed by atoms with E-state index in [0.29, 0.717) is 30.4 Å². The second-order valence-electron chi connectivity index (χ2n) is 6.04. The van der Waals surface area contributed by atoms with E-state index in [9.17, 15) is 9.59 Å². The molecule has 1 atom stereocenters. The highest BCUT2D eigenvalue weighted by atomic mass is 32.2. The number of ether oxygens (including phenoxy) is 2. The topological polar surface area (TPSA) is 55.8 Å². The molecular weight excluding hydrogens is 338 g/mol. The summed E-state index contributed by atoms with van der Waals surface area (Å²) in [4.78, 5) is 26.5. The number of unbranched alkanes of at least 4 members (excludes halogenated alkanes) is 2. The zero-order chi connectivity index (χ0) is 18.1. The number of rotatable bonds is 9. The van der Waals surface area contributed by atoms with Crippen molar-refractivity contribution in [2.24, 2.45) is 0 Å². The summed E-state index contributed by atoms with van der Waals surface area (Å²) >= 11 is 1.58. The van der Waals surface area contributed by atoms with Crippen molar-refractivity contribution in [2.45, 2.75) is 45.6 Å². The van der Waals surface area contributed by atoms with E-state index in [4.69, 9.17) is 9.47 Å². The summed E-state index contributed by atoms with van der Waals surface area (Å²) in [6.45, 7) is 5.26. The molecule has 0 spiro atoms. The lowest BCUT2D eigenvalue weighted by Gasteiger charge is -2.22. The van der Waals surface area contributed by atoms with Gasteiger partial charge in [0.25, 0.3) is 5.91 Å². The molecule has 1 aromatic carbocycles. The first-order valence-corrected chi connectivity index (χ1v) is 10.1. The maximum absolute atomic E-state index is 12.7. The third-order valence-electron chi connectivity index (χ3n) is 4.03. The van der Waals surface area contributed by atoms with Gasteiger partial charge in [-0.25, -0.2) is 4.79 Å². The zero-order valence-corrected chi connectivity index (χ0v) is 15.8. The average molecular weight is 365 g/mol. The molecule has 1 aliphatic heterocycles. The van der Waals surface area contributed by atoms with Gasteiger partial charge < -0.3 is 14.4 Å². The Morgan fingerprint density at radius 2 is 1.80 bits per heavy atom. The zero-order valence-electron chi connectivity index (χ0n) is 15.0. The fraction of sp³-hybridized carbons (Fsp3) is 0.579. The van der Waals surface area contributed by atoms with Gasteiger partial charge in [-0.1, -0.05) is 26.7 Å². The Labute approximate surface area is 154 Å². The number of carbonyl (C=O) groups excluding carboxylic acids is 2. The molecule has 1 saturated heterocycles. The fourth-order valence-corrected chi connectivity index (χ4v) is 3.58. The minimum atomic E-state index is -0.491. The van der Waals surface area contributed by atoms with E-state index in [-0.39, 0.29) is 11.9 Å². The molecule has 0 N–H and O–H groups in total. The summed E-state index contributed by atoms with van der Waals surface area (Å²) in [7, 11) is 0. The number of nitrogens with zero attached hydrogens (tertiary/aromatic N) is 1. The molecule has 1 aromatic rings. The van der Waals surface area contributed by atoms with E-state index < -0.39 is 6.04 Å². The monoisotopic (exact) mass is 365 g/mol. The van der Waals surface area contributed by atoms with Crippen LogP contribution in [-0.4, -0.2) is 47.7 Å². The second kappa shape index (κ2) is 10.3. The summed E-state index contributed by atoms with van der Waals surface area (Å²) in [6.07, 6.45) is 3.91. The summed E-state index contributed by atoms with van der Waals surface area (Å²) in [6, 6.07) is 6.63. The molecule has 1 unspecified atom stereocenters. The highest BCUT2D eigenvalue weighted by molar-refractivity contribution is 7.99. The van der Waals surface area contributed by atoms with Gasteiger partial charge in [-0.15, -0.1) is 11.8 Å². The lowest BCUT2D eigenvalue weighted by Crippen LogP contribution is -2.42. The van der Waals surface area contributed by atoms with Crippen molar-refractivity contribution in [3.63, 3.8) is 0 Å². The van der Waals surface area contributed by atoms with Crippen molar-refractivity contribution in [3.8, 4) is 5.75 Å². The normalized spacial score (nSPS) is 16.7. The van der Waals surface area contributed by atoms with E-state index in [1.165, 1.54) is 0 Å². The molecule has 1 heterocycles. The van der Waals surface area contributed by atoms with Crippen LogP contribution in [0.3, 0.4) is 0 Å².